The predicted octanol–water partition coefficient (Wildman–Crippen LogP) is 3.90. The fourth-order valence-corrected chi connectivity index (χ4v) is 8.03. The van der Waals surface area contributed by atoms with E-state index in [9.17, 15) is 19.2 Å². The Morgan fingerprint density at radius 1 is 0.950 bits per heavy atom. The number of benzene rings is 2. The van der Waals surface area contributed by atoms with Crippen LogP contribution in [0.15, 0.2) is 60.2 Å². The molecule has 2 heterocycles. The molecule has 1 N–H and O–H groups in total. The molecule has 0 unspecified atom stereocenters. The van der Waals surface area contributed by atoms with Crippen molar-refractivity contribution in [1.29, 1.82) is 0 Å². The highest BCUT2D eigenvalue weighted by atomic mass is 35.5. The Morgan fingerprint density at radius 2 is 1.62 bits per heavy atom. The monoisotopic (exact) mass is 602 g/mol. The number of imide groups is 2. The number of fused-ring (bicyclic) bond motifs is 4. The Balaban J connectivity index is 1.46. The molecule has 4 aliphatic rings. The minimum Gasteiger partial charge on any atom is -0.491 e. The summed E-state index contributed by atoms with van der Waals surface area (Å²) < 4.78 is 5.49. The second kappa shape index (κ2) is 9.58. The van der Waals surface area contributed by atoms with Crippen molar-refractivity contribution >= 4 is 64.1 Å². The van der Waals surface area contributed by atoms with Crippen molar-refractivity contribution in [1.82, 2.24) is 4.90 Å². The maximum absolute atomic E-state index is 13.9. The molecule has 0 aromatic heterocycles. The van der Waals surface area contributed by atoms with Gasteiger partial charge in [-0.15, -0.1) is 23.2 Å². The van der Waals surface area contributed by atoms with Crippen LogP contribution in [0.25, 0.3) is 0 Å². The molecule has 6 atom stereocenters. The Labute approximate surface area is 245 Å². The van der Waals surface area contributed by atoms with Gasteiger partial charge in [0.05, 0.1) is 24.1 Å². The number of carbonyl (C=O) groups is 4. The van der Waals surface area contributed by atoms with E-state index in [0.717, 1.165) is 4.90 Å². The van der Waals surface area contributed by atoms with E-state index in [0.29, 0.717) is 27.6 Å². The Bertz CT molecular complexity index is 1460. The third-order valence-corrected chi connectivity index (χ3v) is 10.3. The number of nitrogens with zero attached hydrogens (tertiary/aromatic N) is 2. The average Bonchev–Trinajstić information content (AvgIpc) is 3.27. The number of aliphatic hydroxyl groups excluding tert-OH is 1. The van der Waals surface area contributed by atoms with E-state index in [1.807, 2.05) is 6.08 Å². The first kappa shape index (κ1) is 27.3. The normalized spacial score (nSPS) is 33.1. The molecule has 1 saturated carbocycles. The number of aliphatic hydroxyl groups is 1. The van der Waals surface area contributed by atoms with Gasteiger partial charge in [0.15, 0.2) is 9.75 Å². The van der Waals surface area contributed by atoms with E-state index >= 15 is 0 Å². The Morgan fingerprint density at radius 3 is 2.27 bits per heavy atom. The first-order valence-electron chi connectivity index (χ1n) is 12.9. The molecule has 3 fully saturated rings. The van der Waals surface area contributed by atoms with Crippen LogP contribution in [0.1, 0.15) is 24.3 Å². The summed E-state index contributed by atoms with van der Waals surface area (Å²) in [6.45, 7) is -0.0366. The van der Waals surface area contributed by atoms with Gasteiger partial charge in [-0.25, -0.2) is 0 Å². The fourth-order valence-electron chi connectivity index (χ4n) is 6.88. The summed E-state index contributed by atoms with van der Waals surface area (Å²) in [5.74, 6) is -4.30. The molecular weight excluding hydrogens is 579 g/mol. The molecule has 2 aliphatic heterocycles. The predicted molar refractivity (Wildman–Crippen MR) is 148 cm³/mol. The summed E-state index contributed by atoms with van der Waals surface area (Å²) in [6.07, 6.45) is 2.10. The van der Waals surface area contributed by atoms with Crippen LogP contribution in [0.2, 0.25) is 5.02 Å². The number of amides is 4. The van der Waals surface area contributed by atoms with Crippen LogP contribution in [-0.4, -0.2) is 63.6 Å². The number of rotatable bonds is 5. The van der Waals surface area contributed by atoms with Crippen LogP contribution in [0.4, 0.5) is 5.69 Å². The number of hydrogen-bond acceptors (Lipinski definition) is 6. The molecule has 40 heavy (non-hydrogen) atoms. The highest BCUT2D eigenvalue weighted by Gasteiger charge is 2.75. The topological polar surface area (TPSA) is 104 Å². The summed E-state index contributed by atoms with van der Waals surface area (Å²) in [6, 6.07) is 13.3. The Hall–Kier alpha value is -2.91. The summed E-state index contributed by atoms with van der Waals surface area (Å²) >= 11 is 20.4. The van der Waals surface area contributed by atoms with Crippen molar-refractivity contribution in [2.45, 2.75) is 28.5 Å². The van der Waals surface area contributed by atoms with E-state index in [2.05, 4.69) is 0 Å². The van der Waals surface area contributed by atoms with Crippen molar-refractivity contribution < 1.29 is 29.0 Å². The van der Waals surface area contributed by atoms with E-state index in [1.54, 1.807) is 48.5 Å². The van der Waals surface area contributed by atoms with Crippen molar-refractivity contribution in [3.63, 3.8) is 0 Å². The average molecular weight is 604 g/mol. The van der Waals surface area contributed by atoms with Gasteiger partial charge in [0.25, 0.3) is 11.8 Å². The standard InChI is InChI=1S/C29H25Cl3N2O6/c1-33-26(38)28(31)14-21-19(23(29(28,32)27(33)39)15-2-8-18(9-3-15)40-13-12-35)10-11-20-22(21)25(37)34(24(20)36)17-6-4-16(30)5-7-17/h2-10,20-23,35H,11-14H2,1H3/t20-,21+,22-,23-,28+,29-/m0/s1. The third-order valence-electron chi connectivity index (χ3n) is 8.67. The van der Waals surface area contributed by atoms with Gasteiger partial charge in [0.2, 0.25) is 11.8 Å². The molecule has 0 bridgehead atoms. The van der Waals surface area contributed by atoms with Gasteiger partial charge in [-0.1, -0.05) is 35.4 Å². The molecule has 2 saturated heterocycles. The molecule has 0 spiro atoms. The van der Waals surface area contributed by atoms with Crippen LogP contribution in [-0.2, 0) is 19.2 Å². The second-order valence-electron chi connectivity index (χ2n) is 10.6. The Kier molecular flexibility index (Phi) is 6.53. The van der Waals surface area contributed by atoms with Gasteiger partial charge >= 0.3 is 0 Å². The molecule has 2 aromatic rings. The summed E-state index contributed by atoms with van der Waals surface area (Å²) in [7, 11) is 1.35. The lowest BCUT2D eigenvalue weighted by Gasteiger charge is -2.50. The van der Waals surface area contributed by atoms with Crippen molar-refractivity contribution in [2.75, 3.05) is 25.2 Å². The number of anilines is 1. The minimum absolute atomic E-state index is 0.0678. The van der Waals surface area contributed by atoms with Crippen molar-refractivity contribution in [3.8, 4) is 5.75 Å². The number of likely N-dealkylation sites (tertiary alicyclic amines) is 1. The van der Waals surface area contributed by atoms with Crippen molar-refractivity contribution in [2.24, 2.45) is 17.8 Å². The minimum atomic E-state index is -1.84. The molecular formula is C29H25Cl3N2O6. The smallest absolute Gasteiger partial charge is 0.253 e. The highest BCUT2D eigenvalue weighted by molar-refractivity contribution is 6.53. The van der Waals surface area contributed by atoms with E-state index in [1.165, 1.54) is 11.9 Å². The van der Waals surface area contributed by atoms with Crippen LogP contribution in [0, 0.1) is 17.8 Å². The number of carbonyl (C=O) groups excluding carboxylic acids is 4. The SMILES string of the molecule is CN1C(=O)[C@]2(Cl)C[C@@H]3C(=CC[C@@H]4C(=O)N(c5ccc(Cl)cc5)C(=O)[C@@H]43)[C@H](c3ccc(OCCO)cc3)[C@]2(Cl)C1=O. The van der Waals surface area contributed by atoms with Gasteiger partial charge in [0.1, 0.15) is 12.4 Å². The first-order chi connectivity index (χ1) is 19.0. The third kappa shape index (κ3) is 3.62. The van der Waals surface area contributed by atoms with Crippen LogP contribution < -0.4 is 9.64 Å². The van der Waals surface area contributed by atoms with Gasteiger partial charge in [-0.3, -0.25) is 29.0 Å². The quantitative estimate of drug-likeness (QED) is 0.316. The number of halogens is 3. The maximum atomic E-state index is 13.9. The summed E-state index contributed by atoms with van der Waals surface area (Å²) in [5.41, 5.74) is 1.75. The lowest BCUT2D eigenvalue weighted by molar-refractivity contribution is -0.138. The zero-order valence-electron chi connectivity index (χ0n) is 21.4. The molecule has 208 valence electrons. The fraction of sp³-hybridized carbons (Fsp3) is 0.379. The maximum Gasteiger partial charge on any atom is 0.253 e. The molecule has 2 aromatic carbocycles. The number of alkyl halides is 2. The molecule has 11 heteroatoms. The largest absolute Gasteiger partial charge is 0.491 e. The second-order valence-corrected chi connectivity index (χ2v) is 12.3. The van der Waals surface area contributed by atoms with Crippen LogP contribution >= 0.6 is 34.8 Å². The van der Waals surface area contributed by atoms with Crippen molar-refractivity contribution in [3.05, 3.63) is 70.8 Å². The molecule has 6 rings (SSSR count). The van der Waals surface area contributed by atoms with Crippen LogP contribution in [0.3, 0.4) is 0 Å². The van der Waals surface area contributed by atoms with E-state index in [4.69, 9.17) is 44.6 Å². The zero-order chi connectivity index (χ0) is 28.6. The van der Waals surface area contributed by atoms with Gasteiger partial charge < -0.3 is 9.84 Å². The lowest BCUT2D eigenvalue weighted by Crippen LogP contribution is -2.60. The number of ether oxygens (including phenoxy) is 1. The molecule has 8 nitrogen and oxygen atoms in total. The summed E-state index contributed by atoms with van der Waals surface area (Å²) in [5, 5.41) is 9.55. The van der Waals surface area contributed by atoms with Crippen LogP contribution in [0.5, 0.6) is 5.75 Å². The summed E-state index contributed by atoms with van der Waals surface area (Å²) in [4.78, 5) is 53.1. The molecule has 2 aliphatic carbocycles. The van der Waals surface area contributed by atoms with Gasteiger partial charge in [0, 0.05) is 18.0 Å². The number of hydrogen-bond donors (Lipinski definition) is 1. The van der Waals surface area contributed by atoms with E-state index in [-0.39, 0.29) is 37.9 Å². The molecule has 4 amide bonds. The lowest BCUT2D eigenvalue weighted by atomic mass is 9.56. The van der Waals surface area contributed by atoms with E-state index < -0.39 is 45.2 Å². The van der Waals surface area contributed by atoms with Gasteiger partial charge in [-0.2, -0.15) is 0 Å². The molecule has 0 radical (unpaired) electrons. The zero-order valence-corrected chi connectivity index (χ0v) is 23.6. The first-order valence-corrected chi connectivity index (χ1v) is 14.1. The van der Waals surface area contributed by atoms with Gasteiger partial charge in [-0.05, 0) is 60.7 Å². The number of allylic oxidation sites excluding steroid dienone is 2. The highest BCUT2D eigenvalue weighted by Crippen LogP contribution is 2.65.